The second kappa shape index (κ2) is 7.65. The zero-order chi connectivity index (χ0) is 13.5. The highest BCUT2D eigenvalue weighted by Gasteiger charge is 2.15. The molecule has 1 saturated heterocycles. The van der Waals surface area contributed by atoms with Gasteiger partial charge in [0, 0.05) is 25.7 Å². The van der Waals surface area contributed by atoms with E-state index in [9.17, 15) is 0 Å². The topological polar surface area (TPSA) is 67.2 Å². The molecule has 0 saturated carbocycles. The quantitative estimate of drug-likeness (QED) is 0.784. The molecule has 0 radical (unpaired) electrons. The van der Waals surface area contributed by atoms with Crippen molar-refractivity contribution in [3.05, 3.63) is 10.7 Å². The maximum atomic E-state index is 8.91. The lowest BCUT2D eigenvalue weighted by molar-refractivity contribution is 0.0897. The summed E-state index contributed by atoms with van der Waals surface area (Å²) in [6.45, 7) is 3.91. The van der Waals surface area contributed by atoms with Crippen LogP contribution < -0.4 is 5.32 Å². The summed E-state index contributed by atoms with van der Waals surface area (Å²) in [7, 11) is 0. The molecule has 1 N–H and O–H groups in total. The Balaban J connectivity index is 1.57. The lowest BCUT2D eigenvalue weighted by Gasteiger charge is -2.09. The highest BCUT2D eigenvalue weighted by Crippen LogP contribution is 2.27. The van der Waals surface area contributed by atoms with Gasteiger partial charge in [0.05, 0.1) is 13.2 Å². The molecule has 1 atom stereocenters. The fraction of sp³-hybridized carbons (Fsp3) is 0.667. The number of nitriles is 1. The number of hydrogen-bond acceptors (Lipinski definition) is 6. The van der Waals surface area contributed by atoms with Crippen molar-refractivity contribution in [1.29, 1.82) is 5.26 Å². The summed E-state index contributed by atoms with van der Waals surface area (Å²) in [4.78, 5) is 0. The number of ether oxygens (including phenoxy) is 2. The Labute approximate surface area is 121 Å². The summed E-state index contributed by atoms with van der Waals surface area (Å²) in [6.07, 6.45) is 1.98. The van der Waals surface area contributed by atoms with E-state index >= 15 is 0 Å². The van der Waals surface area contributed by atoms with Crippen LogP contribution in [0.5, 0.6) is 0 Å². The SMILES string of the molecule is N#Cc1c(Cl)nsc1NCCCOCC1CCOC1. The molecule has 0 aliphatic carbocycles. The molecule has 2 heterocycles. The van der Waals surface area contributed by atoms with Crippen LogP contribution in [0.15, 0.2) is 0 Å². The van der Waals surface area contributed by atoms with E-state index in [1.54, 1.807) is 0 Å². The first-order valence-corrected chi connectivity index (χ1v) is 7.41. The average molecular weight is 302 g/mol. The molecular weight excluding hydrogens is 286 g/mol. The van der Waals surface area contributed by atoms with Crippen LogP contribution in [0.4, 0.5) is 5.00 Å². The fourth-order valence-electron chi connectivity index (χ4n) is 1.83. The number of rotatable bonds is 7. The van der Waals surface area contributed by atoms with Gasteiger partial charge < -0.3 is 14.8 Å². The third-order valence-corrected chi connectivity index (χ3v) is 4.07. The normalized spacial score (nSPS) is 18.4. The van der Waals surface area contributed by atoms with E-state index in [4.69, 9.17) is 26.3 Å². The van der Waals surface area contributed by atoms with E-state index in [2.05, 4.69) is 9.69 Å². The number of halogens is 1. The van der Waals surface area contributed by atoms with Crippen LogP contribution >= 0.6 is 23.1 Å². The Morgan fingerprint density at radius 1 is 1.63 bits per heavy atom. The molecule has 0 spiro atoms. The summed E-state index contributed by atoms with van der Waals surface area (Å²) < 4.78 is 14.8. The Bertz CT molecular complexity index is 441. The van der Waals surface area contributed by atoms with Crippen molar-refractivity contribution in [2.75, 3.05) is 38.3 Å². The fourth-order valence-corrected chi connectivity index (χ4v) is 2.79. The van der Waals surface area contributed by atoms with E-state index in [1.165, 1.54) is 11.5 Å². The monoisotopic (exact) mass is 301 g/mol. The number of aromatic nitrogens is 1. The molecule has 1 unspecified atom stereocenters. The van der Waals surface area contributed by atoms with Crippen LogP contribution in [-0.4, -0.2) is 37.3 Å². The van der Waals surface area contributed by atoms with Gasteiger partial charge in [-0.25, -0.2) is 0 Å². The molecule has 1 aliphatic rings. The number of nitrogens with one attached hydrogen (secondary N) is 1. The summed E-state index contributed by atoms with van der Waals surface area (Å²) in [5.74, 6) is 0.554. The van der Waals surface area contributed by atoms with Crippen LogP contribution in [0.1, 0.15) is 18.4 Å². The van der Waals surface area contributed by atoms with Crippen LogP contribution in [0, 0.1) is 17.2 Å². The molecule has 0 amide bonds. The zero-order valence-corrected chi connectivity index (χ0v) is 12.1. The van der Waals surface area contributed by atoms with Crippen LogP contribution in [0.25, 0.3) is 0 Å². The number of nitrogens with zero attached hydrogens (tertiary/aromatic N) is 2. The van der Waals surface area contributed by atoms with Crippen molar-refractivity contribution in [3.8, 4) is 6.07 Å². The van der Waals surface area contributed by atoms with Gasteiger partial charge in [-0.15, -0.1) is 0 Å². The summed E-state index contributed by atoms with van der Waals surface area (Å²) in [5, 5.41) is 13.1. The average Bonchev–Trinajstić information content (AvgIpc) is 3.03. The first-order valence-electron chi connectivity index (χ1n) is 6.26. The van der Waals surface area contributed by atoms with Crippen molar-refractivity contribution in [2.45, 2.75) is 12.8 Å². The van der Waals surface area contributed by atoms with Crippen LogP contribution in [0.3, 0.4) is 0 Å². The van der Waals surface area contributed by atoms with Gasteiger partial charge in [-0.2, -0.15) is 9.64 Å². The summed E-state index contributed by atoms with van der Waals surface area (Å²) in [6, 6.07) is 2.04. The smallest absolute Gasteiger partial charge is 0.162 e. The van der Waals surface area contributed by atoms with E-state index < -0.39 is 0 Å². The number of hydrogen-bond donors (Lipinski definition) is 1. The molecule has 5 nitrogen and oxygen atoms in total. The maximum absolute atomic E-state index is 8.91. The van der Waals surface area contributed by atoms with Gasteiger partial charge in [-0.05, 0) is 24.4 Å². The second-order valence-corrected chi connectivity index (χ2v) is 5.51. The standard InChI is InChI=1S/C12H16ClN3O2S/c13-11-10(6-14)12(19-16-11)15-3-1-4-17-7-9-2-5-18-8-9/h9,15H,1-5,7-8H2. The second-order valence-electron chi connectivity index (χ2n) is 4.37. The van der Waals surface area contributed by atoms with Gasteiger partial charge in [-0.3, -0.25) is 0 Å². The molecule has 0 bridgehead atoms. The lowest BCUT2D eigenvalue weighted by Crippen LogP contribution is -2.12. The predicted molar refractivity (Wildman–Crippen MR) is 74.7 cm³/mol. The molecule has 1 fully saturated rings. The number of anilines is 1. The van der Waals surface area contributed by atoms with Crippen LogP contribution in [0.2, 0.25) is 5.15 Å². The first kappa shape index (κ1) is 14.5. The van der Waals surface area contributed by atoms with E-state index in [0.717, 1.165) is 44.2 Å². The molecule has 2 rings (SSSR count). The van der Waals surface area contributed by atoms with Gasteiger partial charge in [0.2, 0.25) is 0 Å². The molecule has 104 valence electrons. The van der Waals surface area contributed by atoms with Crippen LogP contribution in [-0.2, 0) is 9.47 Å². The molecule has 19 heavy (non-hydrogen) atoms. The third kappa shape index (κ3) is 4.32. The van der Waals surface area contributed by atoms with E-state index in [1.807, 2.05) is 6.07 Å². The molecule has 0 aromatic carbocycles. The Morgan fingerprint density at radius 2 is 2.53 bits per heavy atom. The minimum atomic E-state index is 0.271. The summed E-state index contributed by atoms with van der Waals surface area (Å²) >= 11 is 6.99. The molecule has 1 aliphatic heterocycles. The van der Waals surface area contributed by atoms with E-state index in [-0.39, 0.29) is 5.15 Å². The summed E-state index contributed by atoms with van der Waals surface area (Å²) in [5.41, 5.74) is 0.427. The maximum Gasteiger partial charge on any atom is 0.162 e. The van der Waals surface area contributed by atoms with Crippen molar-refractivity contribution in [3.63, 3.8) is 0 Å². The zero-order valence-electron chi connectivity index (χ0n) is 10.5. The molecular formula is C12H16ClN3O2S. The molecule has 1 aromatic heterocycles. The minimum absolute atomic E-state index is 0.271. The molecule has 1 aromatic rings. The largest absolute Gasteiger partial charge is 0.381 e. The van der Waals surface area contributed by atoms with Gasteiger partial charge >= 0.3 is 0 Å². The first-order chi connectivity index (χ1) is 9.31. The van der Waals surface area contributed by atoms with Crippen molar-refractivity contribution in [2.24, 2.45) is 5.92 Å². The van der Waals surface area contributed by atoms with Gasteiger partial charge in [-0.1, -0.05) is 11.6 Å². The highest BCUT2D eigenvalue weighted by molar-refractivity contribution is 7.10. The Kier molecular flexibility index (Phi) is 5.86. The van der Waals surface area contributed by atoms with Crippen molar-refractivity contribution >= 4 is 28.1 Å². The van der Waals surface area contributed by atoms with E-state index in [0.29, 0.717) is 18.1 Å². The van der Waals surface area contributed by atoms with Crippen molar-refractivity contribution < 1.29 is 9.47 Å². The Hall–Kier alpha value is -0.870. The highest BCUT2D eigenvalue weighted by atomic mass is 35.5. The van der Waals surface area contributed by atoms with Gasteiger partial charge in [0.25, 0.3) is 0 Å². The van der Waals surface area contributed by atoms with Gasteiger partial charge in [0.1, 0.15) is 16.6 Å². The molecule has 7 heteroatoms. The minimum Gasteiger partial charge on any atom is -0.381 e. The van der Waals surface area contributed by atoms with Crippen molar-refractivity contribution in [1.82, 2.24) is 4.37 Å². The predicted octanol–water partition coefficient (Wildman–Crippen LogP) is 2.52. The Morgan fingerprint density at radius 3 is 3.26 bits per heavy atom. The third-order valence-electron chi connectivity index (χ3n) is 2.89. The lowest BCUT2D eigenvalue weighted by atomic mass is 10.1. The van der Waals surface area contributed by atoms with Gasteiger partial charge in [0.15, 0.2) is 5.15 Å².